The number of hydrogen-bond donors (Lipinski definition) is 0. The van der Waals surface area contributed by atoms with Gasteiger partial charge in [-0.15, -0.1) is 11.8 Å². The molecule has 0 aliphatic carbocycles. The van der Waals surface area contributed by atoms with E-state index in [1.54, 1.807) is 37.1 Å². The zero-order chi connectivity index (χ0) is 28.9. The lowest BCUT2D eigenvalue weighted by molar-refractivity contribution is -0.118. The fourth-order valence-electron chi connectivity index (χ4n) is 4.23. The summed E-state index contributed by atoms with van der Waals surface area (Å²) in [5.74, 6) is 11.7. The molecular weight excluding hydrogens is 652 g/mol. The third kappa shape index (κ3) is 4.29. The Morgan fingerprint density at radius 1 is 0.725 bits per heavy atom. The van der Waals surface area contributed by atoms with E-state index in [4.69, 9.17) is 0 Å². The van der Waals surface area contributed by atoms with Gasteiger partial charge in [-0.3, -0.25) is 42.7 Å². The van der Waals surface area contributed by atoms with Crippen molar-refractivity contribution < 1.29 is 9.59 Å². The second-order valence-electron chi connectivity index (χ2n) is 8.64. The van der Waals surface area contributed by atoms with Crippen LogP contribution in [0.5, 0.6) is 0 Å². The first kappa shape index (κ1) is 27.3. The summed E-state index contributed by atoms with van der Waals surface area (Å²) in [5, 5.41) is 0. The quantitative estimate of drug-likeness (QED) is 0.224. The number of hydrogen-bond acceptors (Lipinski definition) is 8. The lowest BCUT2D eigenvalue weighted by Gasteiger charge is -2.08. The zero-order valence-electron chi connectivity index (χ0n) is 21.7. The number of nitrogens with zero attached hydrogens (tertiary/aromatic N) is 10. The van der Waals surface area contributed by atoms with Crippen LogP contribution in [0.25, 0.3) is 22.3 Å². The minimum atomic E-state index is -0.313. The molecule has 2 aliphatic heterocycles. The van der Waals surface area contributed by atoms with Gasteiger partial charge in [0.2, 0.25) is 23.7 Å². The molecule has 0 atom stereocenters. The highest BCUT2D eigenvalue weighted by Gasteiger charge is 2.30. The molecule has 2 aliphatic rings. The Morgan fingerprint density at radius 2 is 1.25 bits per heavy atom. The van der Waals surface area contributed by atoms with E-state index >= 15 is 0 Å². The highest BCUT2D eigenvalue weighted by molar-refractivity contribution is 9.10. The Bertz CT molecular complexity index is 2000. The third-order valence-corrected chi connectivity index (χ3v) is 7.56. The van der Waals surface area contributed by atoms with Gasteiger partial charge in [-0.05, 0) is 45.7 Å². The Balaban J connectivity index is 0.000000161. The maximum Gasteiger partial charge on any atom is 0.283 e. The van der Waals surface area contributed by atoms with E-state index in [9.17, 15) is 19.2 Å². The maximum atomic E-state index is 12.5. The number of fused-ring (bicyclic) bond motifs is 4. The van der Waals surface area contributed by atoms with Gasteiger partial charge in [0.05, 0.1) is 13.1 Å². The fourth-order valence-corrected chi connectivity index (χ4v) is 5.17. The van der Waals surface area contributed by atoms with Gasteiger partial charge in [0.1, 0.15) is 13.1 Å². The molecule has 0 saturated carbocycles. The lowest BCUT2D eigenvalue weighted by atomic mass is 10.5. The topological polar surface area (TPSA) is 146 Å². The van der Waals surface area contributed by atoms with Crippen molar-refractivity contribution in [1.29, 1.82) is 0 Å². The number of imidazole rings is 2. The minimum absolute atomic E-state index is 0.00680. The average molecular weight is 672 g/mol. The summed E-state index contributed by atoms with van der Waals surface area (Å²) >= 11 is 6.61. The molecule has 0 bridgehead atoms. The summed E-state index contributed by atoms with van der Waals surface area (Å²) in [7, 11) is 3.19. The van der Waals surface area contributed by atoms with Crippen molar-refractivity contribution in [3.63, 3.8) is 0 Å². The first-order valence-electron chi connectivity index (χ1n) is 11.7. The number of amides is 2. The van der Waals surface area contributed by atoms with Crippen molar-refractivity contribution in [2.45, 2.75) is 40.0 Å². The zero-order valence-corrected chi connectivity index (χ0v) is 24.9. The van der Waals surface area contributed by atoms with Gasteiger partial charge in [0.15, 0.2) is 31.8 Å². The van der Waals surface area contributed by atoms with Crippen molar-refractivity contribution in [2.24, 2.45) is 0 Å². The molecular formula is C24H20Br2N10O4. The van der Waals surface area contributed by atoms with E-state index < -0.39 is 0 Å². The standard InChI is InChI=1S/2C12H10BrN5O2/c1-3-4-5-17-8-9(14-11(17)13)15-12-16(2)7(19)6-18(12)10(8)20;1-3-4-5-17-9-8(14-11(17)13)10(20)18-6-7(19)16(2)12(18)15-9/h2*5-6H2,1-2H3. The SMILES string of the molecule is CC#CCn1c(Br)nc2c(=O)n3c(nc21)N(C)C(=O)C3.CC#CCn1c(Br)nc2nc3n(c(=O)c21)CC(=O)N3C. The van der Waals surface area contributed by atoms with Gasteiger partial charge in [0, 0.05) is 14.1 Å². The van der Waals surface area contributed by atoms with Crippen molar-refractivity contribution in [3.05, 3.63) is 30.2 Å². The Morgan fingerprint density at radius 3 is 1.85 bits per heavy atom. The Kier molecular flexibility index (Phi) is 7.07. The van der Waals surface area contributed by atoms with E-state index in [-0.39, 0.29) is 41.5 Å². The third-order valence-electron chi connectivity index (χ3n) is 6.35. The van der Waals surface area contributed by atoms with Crippen LogP contribution in [0.15, 0.2) is 19.1 Å². The first-order valence-corrected chi connectivity index (χ1v) is 13.3. The van der Waals surface area contributed by atoms with Crippen LogP contribution >= 0.6 is 31.9 Å². The van der Waals surface area contributed by atoms with Crippen molar-refractivity contribution >= 4 is 77.9 Å². The van der Waals surface area contributed by atoms with Crippen LogP contribution in [0, 0.1) is 23.7 Å². The maximum absolute atomic E-state index is 12.5. The molecule has 0 spiro atoms. The molecule has 0 unspecified atom stereocenters. The second-order valence-corrected chi connectivity index (χ2v) is 10.1. The van der Waals surface area contributed by atoms with Gasteiger partial charge >= 0.3 is 0 Å². The van der Waals surface area contributed by atoms with Crippen LogP contribution in [0.4, 0.5) is 11.9 Å². The monoisotopic (exact) mass is 670 g/mol. The van der Waals surface area contributed by atoms with E-state index in [0.717, 1.165) is 0 Å². The molecule has 6 rings (SSSR count). The van der Waals surface area contributed by atoms with E-state index in [2.05, 4.69) is 75.5 Å². The largest absolute Gasteiger partial charge is 0.301 e. The number of anilines is 2. The van der Waals surface area contributed by atoms with Crippen molar-refractivity contribution in [3.8, 4) is 23.7 Å². The summed E-state index contributed by atoms with van der Waals surface area (Å²) in [6, 6.07) is 0. The molecule has 0 saturated heterocycles. The van der Waals surface area contributed by atoms with Crippen molar-refractivity contribution in [2.75, 3.05) is 23.9 Å². The second kappa shape index (κ2) is 10.4. The predicted octanol–water partition coefficient (Wildman–Crippen LogP) is 0.710. The number of carbonyl (C=O) groups excluding carboxylic acids is 2. The Hall–Kier alpha value is -4.28. The minimum Gasteiger partial charge on any atom is -0.301 e. The van der Waals surface area contributed by atoms with Crippen LogP contribution < -0.4 is 20.9 Å². The van der Waals surface area contributed by atoms with Gasteiger partial charge < -0.3 is 4.57 Å². The van der Waals surface area contributed by atoms with Gasteiger partial charge in [0.25, 0.3) is 11.1 Å². The molecule has 16 heteroatoms. The summed E-state index contributed by atoms with van der Waals surface area (Å²) in [6.07, 6.45) is 0. The number of carbonyl (C=O) groups is 2. The highest BCUT2D eigenvalue weighted by Crippen LogP contribution is 2.23. The molecule has 204 valence electrons. The van der Waals surface area contributed by atoms with Crippen LogP contribution in [0.3, 0.4) is 0 Å². The van der Waals surface area contributed by atoms with E-state index in [1.807, 2.05) is 0 Å². The van der Waals surface area contributed by atoms with E-state index in [1.165, 1.54) is 18.9 Å². The van der Waals surface area contributed by atoms with Crippen LogP contribution in [-0.4, -0.2) is 64.1 Å². The summed E-state index contributed by atoms with van der Waals surface area (Å²) in [5.41, 5.74) is 0.739. The van der Waals surface area contributed by atoms with Crippen LogP contribution in [-0.2, 0) is 35.8 Å². The number of aromatic nitrogens is 8. The number of halogens is 2. The van der Waals surface area contributed by atoms with Gasteiger partial charge in [-0.2, -0.15) is 9.97 Å². The summed E-state index contributed by atoms with van der Waals surface area (Å²) < 4.78 is 7.03. The predicted molar refractivity (Wildman–Crippen MR) is 153 cm³/mol. The molecule has 6 heterocycles. The van der Waals surface area contributed by atoms with E-state index in [0.29, 0.717) is 51.3 Å². The molecule has 4 aromatic heterocycles. The average Bonchev–Trinajstić information content (AvgIpc) is 3.61. The smallest absolute Gasteiger partial charge is 0.283 e. The molecule has 40 heavy (non-hydrogen) atoms. The summed E-state index contributed by atoms with van der Waals surface area (Å²) in [6.45, 7) is 4.19. The highest BCUT2D eigenvalue weighted by atomic mass is 79.9. The first-order chi connectivity index (χ1) is 19.1. The molecule has 2 amide bonds. The molecule has 0 N–H and O–H groups in total. The van der Waals surface area contributed by atoms with Gasteiger partial charge in [-0.25, -0.2) is 9.97 Å². The molecule has 4 aromatic rings. The Labute approximate surface area is 242 Å². The van der Waals surface area contributed by atoms with Crippen molar-refractivity contribution in [1.82, 2.24) is 38.2 Å². The molecule has 0 radical (unpaired) electrons. The fraction of sp³-hybridized carbons (Fsp3) is 0.333. The molecule has 0 aromatic carbocycles. The number of likely N-dealkylation sites (N-methyl/N-ethyl adjacent to an activating group) is 2. The lowest BCUT2D eigenvalue weighted by Crippen LogP contribution is -2.22. The molecule has 14 nitrogen and oxygen atoms in total. The summed E-state index contributed by atoms with van der Waals surface area (Å²) in [4.78, 5) is 68.0. The van der Waals surface area contributed by atoms with Gasteiger partial charge in [-0.1, -0.05) is 11.8 Å². The molecule has 0 fully saturated rings. The van der Waals surface area contributed by atoms with Crippen LogP contribution in [0.2, 0.25) is 0 Å². The van der Waals surface area contributed by atoms with Crippen LogP contribution in [0.1, 0.15) is 13.8 Å². The number of rotatable bonds is 2. The normalized spacial score (nSPS) is 13.6.